The zero-order chi connectivity index (χ0) is 13.2. The molecule has 2 unspecified atom stereocenters. The van der Waals surface area contributed by atoms with Crippen LogP contribution in [0.15, 0.2) is 24.3 Å². The van der Waals surface area contributed by atoms with Crippen LogP contribution >= 0.6 is 0 Å². The van der Waals surface area contributed by atoms with Gasteiger partial charge in [0.1, 0.15) is 0 Å². The largest absolute Gasteiger partial charge is 0.416 e. The van der Waals surface area contributed by atoms with E-state index >= 15 is 0 Å². The molecule has 0 saturated carbocycles. The molecule has 1 heterocycles. The molecule has 2 rings (SSSR count). The van der Waals surface area contributed by atoms with Gasteiger partial charge in [-0.3, -0.25) is 0 Å². The Hall–Kier alpha value is -1.07. The van der Waals surface area contributed by atoms with Crippen molar-refractivity contribution in [2.45, 2.75) is 37.6 Å². The summed E-state index contributed by atoms with van der Waals surface area (Å²) in [5.74, 6) is 0. The molecule has 5 heteroatoms. The Morgan fingerprint density at radius 2 is 2.17 bits per heavy atom. The molecule has 1 aliphatic rings. The van der Waals surface area contributed by atoms with E-state index < -0.39 is 17.8 Å². The molecular formula is C13H15F3O2. The van der Waals surface area contributed by atoms with Crippen LogP contribution in [0.4, 0.5) is 13.2 Å². The van der Waals surface area contributed by atoms with Crippen LogP contribution in [0.25, 0.3) is 0 Å². The molecule has 1 fully saturated rings. The Kier molecular flexibility index (Phi) is 3.92. The van der Waals surface area contributed by atoms with Crippen molar-refractivity contribution >= 4 is 0 Å². The van der Waals surface area contributed by atoms with Crippen molar-refractivity contribution in [3.63, 3.8) is 0 Å². The van der Waals surface area contributed by atoms with E-state index in [1.165, 1.54) is 6.07 Å². The number of aliphatic hydroxyl groups excluding tert-OH is 1. The van der Waals surface area contributed by atoms with Crippen LogP contribution in [-0.2, 0) is 17.3 Å². The van der Waals surface area contributed by atoms with Crippen LogP contribution < -0.4 is 0 Å². The monoisotopic (exact) mass is 260 g/mol. The molecule has 18 heavy (non-hydrogen) atoms. The maximum absolute atomic E-state index is 12.5. The number of rotatable bonds is 3. The predicted molar refractivity (Wildman–Crippen MR) is 60.1 cm³/mol. The fourth-order valence-electron chi connectivity index (χ4n) is 2.15. The maximum Gasteiger partial charge on any atom is 0.416 e. The predicted octanol–water partition coefficient (Wildman–Crippen LogP) is 2.79. The third-order valence-electron chi connectivity index (χ3n) is 3.09. The van der Waals surface area contributed by atoms with Gasteiger partial charge in [-0.1, -0.05) is 18.2 Å². The highest BCUT2D eigenvalue weighted by molar-refractivity contribution is 5.26. The molecular weight excluding hydrogens is 245 g/mol. The summed E-state index contributed by atoms with van der Waals surface area (Å²) < 4.78 is 42.9. The Balaban J connectivity index is 2.04. The first-order valence-corrected chi connectivity index (χ1v) is 5.92. The summed E-state index contributed by atoms with van der Waals surface area (Å²) in [6.07, 6.45) is -3.49. The van der Waals surface area contributed by atoms with Crippen LogP contribution in [0.1, 0.15) is 24.0 Å². The van der Waals surface area contributed by atoms with E-state index in [9.17, 15) is 18.3 Å². The number of hydrogen-bond acceptors (Lipinski definition) is 2. The second kappa shape index (κ2) is 5.28. The second-order valence-corrected chi connectivity index (χ2v) is 4.52. The minimum atomic E-state index is -4.34. The summed E-state index contributed by atoms with van der Waals surface area (Å²) in [5.41, 5.74) is -0.202. The zero-order valence-corrected chi connectivity index (χ0v) is 9.78. The van der Waals surface area contributed by atoms with Crippen LogP contribution in [0.5, 0.6) is 0 Å². The van der Waals surface area contributed by atoms with Crippen molar-refractivity contribution in [1.82, 2.24) is 0 Å². The molecule has 1 aromatic rings. The Bertz CT molecular complexity index is 397. The number of aliphatic hydroxyl groups is 1. The van der Waals surface area contributed by atoms with E-state index in [0.717, 1.165) is 25.0 Å². The van der Waals surface area contributed by atoms with Crippen molar-refractivity contribution in [3.05, 3.63) is 35.4 Å². The summed E-state index contributed by atoms with van der Waals surface area (Å²) in [4.78, 5) is 0. The third-order valence-corrected chi connectivity index (χ3v) is 3.09. The second-order valence-electron chi connectivity index (χ2n) is 4.52. The van der Waals surface area contributed by atoms with Crippen LogP contribution in [0.3, 0.4) is 0 Å². The molecule has 2 atom stereocenters. The van der Waals surface area contributed by atoms with Gasteiger partial charge in [-0.15, -0.1) is 0 Å². The van der Waals surface area contributed by atoms with Gasteiger partial charge in [0.15, 0.2) is 0 Å². The summed E-state index contributed by atoms with van der Waals surface area (Å²) in [6, 6.07) is 5.06. The number of alkyl halides is 3. The standard InChI is InChI=1S/C13H15F3O2/c14-13(15,16)10-4-1-3-9(7-10)8-11(17)12-5-2-6-18-12/h1,3-4,7,11-12,17H,2,5-6,8H2. The minimum absolute atomic E-state index is 0.189. The smallest absolute Gasteiger partial charge is 0.390 e. The average Bonchev–Trinajstić information content (AvgIpc) is 2.81. The highest BCUT2D eigenvalue weighted by atomic mass is 19.4. The van der Waals surface area contributed by atoms with Gasteiger partial charge in [0.2, 0.25) is 0 Å². The SMILES string of the molecule is OC(Cc1cccc(C(F)(F)F)c1)C1CCCO1. The summed E-state index contributed by atoms with van der Waals surface area (Å²) in [6.45, 7) is 0.615. The van der Waals surface area contributed by atoms with E-state index in [4.69, 9.17) is 4.74 Å². The first-order chi connectivity index (χ1) is 8.47. The lowest BCUT2D eigenvalue weighted by atomic mass is 10.0. The molecule has 0 aromatic heterocycles. The lowest BCUT2D eigenvalue weighted by Crippen LogP contribution is -2.27. The minimum Gasteiger partial charge on any atom is -0.390 e. The van der Waals surface area contributed by atoms with E-state index in [-0.39, 0.29) is 12.5 Å². The molecule has 1 aliphatic heterocycles. The number of benzene rings is 1. The summed E-state index contributed by atoms with van der Waals surface area (Å²) in [5, 5.41) is 9.89. The van der Waals surface area contributed by atoms with Crippen molar-refractivity contribution in [2.75, 3.05) is 6.61 Å². The van der Waals surface area contributed by atoms with E-state index in [1.54, 1.807) is 6.07 Å². The fraction of sp³-hybridized carbons (Fsp3) is 0.538. The van der Waals surface area contributed by atoms with E-state index in [1.807, 2.05) is 0 Å². The molecule has 2 nitrogen and oxygen atoms in total. The number of halogens is 3. The Labute approximate surface area is 103 Å². The first kappa shape index (κ1) is 13.4. The third kappa shape index (κ3) is 3.23. The van der Waals surface area contributed by atoms with E-state index in [2.05, 4.69) is 0 Å². The van der Waals surface area contributed by atoms with Gasteiger partial charge >= 0.3 is 6.18 Å². The average molecular weight is 260 g/mol. The highest BCUT2D eigenvalue weighted by Gasteiger charge is 2.31. The van der Waals surface area contributed by atoms with Crippen molar-refractivity contribution in [1.29, 1.82) is 0 Å². The molecule has 100 valence electrons. The van der Waals surface area contributed by atoms with Gasteiger partial charge in [-0.05, 0) is 24.5 Å². The molecule has 1 N–H and O–H groups in total. The molecule has 0 radical (unpaired) electrons. The molecule has 1 saturated heterocycles. The van der Waals surface area contributed by atoms with Gasteiger partial charge in [0.05, 0.1) is 17.8 Å². The van der Waals surface area contributed by atoms with E-state index in [0.29, 0.717) is 12.2 Å². The van der Waals surface area contributed by atoms with Gasteiger partial charge in [0.25, 0.3) is 0 Å². The Morgan fingerprint density at radius 3 is 2.78 bits per heavy atom. The summed E-state index contributed by atoms with van der Waals surface area (Å²) >= 11 is 0. The van der Waals surface area contributed by atoms with Gasteiger partial charge in [0, 0.05) is 13.0 Å². The first-order valence-electron chi connectivity index (χ1n) is 5.92. The Morgan fingerprint density at radius 1 is 1.39 bits per heavy atom. The van der Waals surface area contributed by atoms with Crippen LogP contribution in [0.2, 0.25) is 0 Å². The number of hydrogen-bond donors (Lipinski definition) is 1. The molecule has 1 aromatic carbocycles. The molecule has 0 aliphatic carbocycles. The number of ether oxygens (including phenoxy) is 1. The lowest BCUT2D eigenvalue weighted by Gasteiger charge is -2.18. The van der Waals surface area contributed by atoms with Crippen molar-refractivity contribution in [2.24, 2.45) is 0 Å². The van der Waals surface area contributed by atoms with Gasteiger partial charge in [-0.2, -0.15) is 13.2 Å². The maximum atomic E-state index is 12.5. The van der Waals surface area contributed by atoms with Crippen LogP contribution in [0, 0.1) is 0 Å². The van der Waals surface area contributed by atoms with Crippen LogP contribution in [-0.4, -0.2) is 23.9 Å². The molecule has 0 amide bonds. The van der Waals surface area contributed by atoms with Gasteiger partial charge in [-0.25, -0.2) is 0 Å². The highest BCUT2D eigenvalue weighted by Crippen LogP contribution is 2.30. The lowest BCUT2D eigenvalue weighted by molar-refractivity contribution is -0.137. The fourth-order valence-corrected chi connectivity index (χ4v) is 2.15. The topological polar surface area (TPSA) is 29.5 Å². The van der Waals surface area contributed by atoms with Gasteiger partial charge < -0.3 is 9.84 Å². The van der Waals surface area contributed by atoms with Crippen molar-refractivity contribution < 1.29 is 23.0 Å². The summed E-state index contributed by atoms with van der Waals surface area (Å²) in [7, 11) is 0. The molecule has 0 bridgehead atoms. The molecule has 0 spiro atoms. The quantitative estimate of drug-likeness (QED) is 0.905. The normalized spacial score (nSPS) is 22.1. The van der Waals surface area contributed by atoms with Crippen molar-refractivity contribution in [3.8, 4) is 0 Å². The zero-order valence-electron chi connectivity index (χ0n) is 9.78.